The minimum atomic E-state index is -0.0375. The first-order valence-corrected chi connectivity index (χ1v) is 9.51. The number of rotatable bonds is 4. The largest absolute Gasteiger partial charge is 0.367 e. The molecule has 0 spiro atoms. The first-order chi connectivity index (χ1) is 12.1. The van der Waals surface area contributed by atoms with Crippen molar-refractivity contribution in [2.24, 2.45) is 0 Å². The molecule has 1 aliphatic heterocycles. The molecule has 0 bridgehead atoms. The van der Waals surface area contributed by atoms with Crippen LogP contribution in [0.25, 0.3) is 0 Å². The Morgan fingerprint density at radius 1 is 1.20 bits per heavy atom. The molecule has 132 valence electrons. The molecule has 1 N–H and O–H groups in total. The molecule has 1 aromatic carbocycles. The van der Waals surface area contributed by atoms with Gasteiger partial charge in [-0.25, -0.2) is 0 Å². The van der Waals surface area contributed by atoms with Crippen LogP contribution in [0.15, 0.2) is 35.7 Å². The molecule has 0 radical (unpaired) electrons. The maximum Gasteiger partial charge on any atom is 0.264 e. The van der Waals surface area contributed by atoms with Gasteiger partial charge in [0.2, 0.25) is 5.91 Å². The summed E-state index contributed by atoms with van der Waals surface area (Å²) >= 11 is 7.87. The van der Waals surface area contributed by atoms with E-state index in [9.17, 15) is 9.59 Å². The molecule has 1 aliphatic rings. The van der Waals surface area contributed by atoms with Crippen LogP contribution in [0.2, 0.25) is 5.02 Å². The molecule has 2 aromatic rings. The minimum Gasteiger partial charge on any atom is -0.367 e. The van der Waals surface area contributed by atoms with Crippen LogP contribution in [0.3, 0.4) is 0 Å². The molecule has 5 nitrogen and oxygen atoms in total. The second-order valence-corrected chi connectivity index (χ2v) is 7.18. The molecule has 7 heteroatoms. The summed E-state index contributed by atoms with van der Waals surface area (Å²) in [6.45, 7) is 4.61. The molecule has 2 heterocycles. The summed E-state index contributed by atoms with van der Waals surface area (Å²) in [4.78, 5) is 28.7. The Morgan fingerprint density at radius 3 is 2.56 bits per heavy atom. The minimum absolute atomic E-state index is 0.0375. The van der Waals surface area contributed by atoms with Gasteiger partial charge in [-0.05, 0) is 29.6 Å². The molecule has 25 heavy (non-hydrogen) atoms. The van der Waals surface area contributed by atoms with Crippen LogP contribution < -0.4 is 10.2 Å². The fourth-order valence-electron chi connectivity index (χ4n) is 2.80. The lowest BCUT2D eigenvalue weighted by Gasteiger charge is -2.36. The molecular formula is C18H20ClN3O2S. The van der Waals surface area contributed by atoms with E-state index >= 15 is 0 Å². The fraction of sp³-hybridized carbons (Fsp3) is 0.333. The summed E-state index contributed by atoms with van der Waals surface area (Å²) in [6.07, 6.45) is 0.430. The molecule has 0 aliphatic carbocycles. The smallest absolute Gasteiger partial charge is 0.264 e. The normalized spacial score (nSPS) is 14.5. The van der Waals surface area contributed by atoms with E-state index in [2.05, 4.69) is 10.2 Å². The van der Waals surface area contributed by atoms with Gasteiger partial charge in [0.1, 0.15) is 0 Å². The van der Waals surface area contributed by atoms with Gasteiger partial charge < -0.3 is 15.1 Å². The highest BCUT2D eigenvalue weighted by Gasteiger charge is 2.23. The standard InChI is InChI=1S/C18H20ClN3O2S/c1-2-17(23)20-13-5-6-15(14(19)12-13)21-7-9-22(10-8-21)18(24)16-4-3-11-25-16/h3-6,11-12H,2,7-10H2,1H3,(H,20,23). The number of carbonyl (C=O) groups is 2. The zero-order valence-electron chi connectivity index (χ0n) is 14.0. The number of anilines is 2. The lowest BCUT2D eigenvalue weighted by atomic mass is 10.2. The van der Waals surface area contributed by atoms with Crippen molar-refractivity contribution in [3.8, 4) is 0 Å². The summed E-state index contributed by atoms with van der Waals surface area (Å²) < 4.78 is 0. The van der Waals surface area contributed by atoms with Crippen molar-refractivity contribution >= 4 is 46.1 Å². The SMILES string of the molecule is CCC(=O)Nc1ccc(N2CCN(C(=O)c3cccs3)CC2)c(Cl)c1. The second kappa shape index (κ2) is 7.89. The average Bonchev–Trinajstić information content (AvgIpc) is 3.16. The zero-order valence-corrected chi connectivity index (χ0v) is 15.6. The fourth-order valence-corrected chi connectivity index (χ4v) is 3.79. The number of piperazine rings is 1. The second-order valence-electron chi connectivity index (χ2n) is 5.82. The molecule has 3 rings (SSSR count). The van der Waals surface area contributed by atoms with Gasteiger partial charge in [0, 0.05) is 38.3 Å². The van der Waals surface area contributed by atoms with Crippen LogP contribution >= 0.6 is 22.9 Å². The van der Waals surface area contributed by atoms with E-state index in [0.29, 0.717) is 30.2 Å². The molecule has 0 unspecified atom stereocenters. The third kappa shape index (κ3) is 4.14. The highest BCUT2D eigenvalue weighted by molar-refractivity contribution is 7.12. The number of nitrogens with one attached hydrogen (secondary N) is 1. The summed E-state index contributed by atoms with van der Waals surface area (Å²) in [5, 5.41) is 5.33. The van der Waals surface area contributed by atoms with Crippen molar-refractivity contribution in [2.75, 3.05) is 36.4 Å². The van der Waals surface area contributed by atoms with Crippen molar-refractivity contribution in [3.63, 3.8) is 0 Å². The quantitative estimate of drug-likeness (QED) is 0.883. The number of nitrogens with zero attached hydrogens (tertiary/aromatic N) is 2. The molecule has 1 saturated heterocycles. The van der Waals surface area contributed by atoms with Crippen molar-refractivity contribution in [1.82, 2.24) is 4.90 Å². The first-order valence-electron chi connectivity index (χ1n) is 8.25. The van der Waals surface area contributed by atoms with Gasteiger partial charge in [0.25, 0.3) is 5.91 Å². The van der Waals surface area contributed by atoms with E-state index in [4.69, 9.17) is 11.6 Å². The Balaban J connectivity index is 1.63. The van der Waals surface area contributed by atoms with Gasteiger partial charge in [-0.15, -0.1) is 11.3 Å². The maximum absolute atomic E-state index is 12.4. The van der Waals surface area contributed by atoms with Crippen LogP contribution in [0.4, 0.5) is 11.4 Å². The predicted octanol–water partition coefficient (Wildman–Crippen LogP) is 3.71. The summed E-state index contributed by atoms with van der Waals surface area (Å²) in [5.41, 5.74) is 1.63. The molecule has 0 saturated carbocycles. The topological polar surface area (TPSA) is 52.7 Å². The summed E-state index contributed by atoms with van der Waals surface area (Å²) in [6, 6.07) is 9.31. The Bertz CT molecular complexity index is 756. The Hall–Kier alpha value is -2.05. The van der Waals surface area contributed by atoms with Crippen molar-refractivity contribution < 1.29 is 9.59 Å². The number of thiophene rings is 1. The van der Waals surface area contributed by atoms with Crippen molar-refractivity contribution in [1.29, 1.82) is 0 Å². The lowest BCUT2D eigenvalue weighted by Crippen LogP contribution is -2.48. The van der Waals surface area contributed by atoms with Gasteiger partial charge in [0.15, 0.2) is 0 Å². The number of amides is 2. The van der Waals surface area contributed by atoms with E-state index in [1.165, 1.54) is 11.3 Å². The van der Waals surface area contributed by atoms with Crippen LogP contribution in [0.5, 0.6) is 0 Å². The van der Waals surface area contributed by atoms with Crippen molar-refractivity contribution in [3.05, 3.63) is 45.6 Å². The van der Waals surface area contributed by atoms with E-state index in [0.717, 1.165) is 23.7 Å². The number of halogens is 1. The number of hydrogen-bond donors (Lipinski definition) is 1. The number of benzene rings is 1. The number of hydrogen-bond acceptors (Lipinski definition) is 4. The summed E-state index contributed by atoms with van der Waals surface area (Å²) in [7, 11) is 0. The Labute approximate surface area is 156 Å². The monoisotopic (exact) mass is 377 g/mol. The Morgan fingerprint density at radius 2 is 1.96 bits per heavy atom. The zero-order chi connectivity index (χ0) is 17.8. The highest BCUT2D eigenvalue weighted by atomic mass is 35.5. The molecule has 0 atom stereocenters. The maximum atomic E-state index is 12.4. The average molecular weight is 378 g/mol. The lowest BCUT2D eigenvalue weighted by molar-refractivity contribution is -0.115. The van der Waals surface area contributed by atoms with Crippen LogP contribution in [0, 0.1) is 0 Å². The third-order valence-corrected chi connectivity index (χ3v) is 5.35. The van der Waals surface area contributed by atoms with E-state index in [-0.39, 0.29) is 11.8 Å². The first kappa shape index (κ1) is 17.8. The molecule has 2 amide bonds. The third-order valence-electron chi connectivity index (χ3n) is 4.19. The highest BCUT2D eigenvalue weighted by Crippen LogP contribution is 2.30. The van der Waals surface area contributed by atoms with Crippen LogP contribution in [-0.2, 0) is 4.79 Å². The van der Waals surface area contributed by atoms with Crippen molar-refractivity contribution in [2.45, 2.75) is 13.3 Å². The molecule has 1 aromatic heterocycles. The van der Waals surface area contributed by atoms with Crippen LogP contribution in [0.1, 0.15) is 23.0 Å². The van der Waals surface area contributed by atoms with Gasteiger partial charge >= 0.3 is 0 Å². The Kier molecular flexibility index (Phi) is 5.60. The van der Waals surface area contributed by atoms with Gasteiger partial charge in [-0.3, -0.25) is 9.59 Å². The summed E-state index contributed by atoms with van der Waals surface area (Å²) in [5.74, 6) is 0.0582. The van der Waals surface area contributed by atoms with Crippen LogP contribution in [-0.4, -0.2) is 42.9 Å². The van der Waals surface area contributed by atoms with Gasteiger partial charge in [-0.1, -0.05) is 24.6 Å². The predicted molar refractivity (Wildman–Crippen MR) is 103 cm³/mol. The number of carbonyl (C=O) groups excluding carboxylic acids is 2. The van der Waals surface area contributed by atoms with E-state index in [1.54, 1.807) is 6.07 Å². The van der Waals surface area contributed by atoms with E-state index in [1.807, 2.05) is 41.5 Å². The van der Waals surface area contributed by atoms with Gasteiger partial charge in [0.05, 0.1) is 15.6 Å². The molecule has 1 fully saturated rings. The molecular weight excluding hydrogens is 358 g/mol. The van der Waals surface area contributed by atoms with E-state index < -0.39 is 0 Å². The van der Waals surface area contributed by atoms with Gasteiger partial charge in [-0.2, -0.15) is 0 Å².